The van der Waals surface area contributed by atoms with Crippen molar-refractivity contribution in [3.8, 4) is 0 Å². The maximum Gasteiger partial charge on any atom is 0.378 e. The molecule has 0 saturated heterocycles. The lowest BCUT2D eigenvalue weighted by Gasteiger charge is -2.16. The molecule has 0 aliphatic carbocycles. The normalized spacial score (nSPS) is 11.9. The Kier molecular flexibility index (Phi) is 5.56. The molecule has 0 aliphatic heterocycles. The van der Waals surface area contributed by atoms with Gasteiger partial charge in [0.2, 0.25) is 0 Å². The fourth-order valence-electron chi connectivity index (χ4n) is 0.608. The Morgan fingerprint density at radius 3 is 2.50 bits per heavy atom. The molecule has 0 aliphatic rings. The molecule has 0 amide bonds. The van der Waals surface area contributed by atoms with E-state index < -0.39 is 18.4 Å². The lowest BCUT2D eigenvalue weighted by atomic mass is 10.3. The van der Waals surface area contributed by atoms with E-state index in [0.29, 0.717) is 0 Å². The third kappa shape index (κ3) is 5.08. The molecule has 0 rings (SSSR count). The Bertz CT molecular complexity index is 185. The fourth-order valence-corrected chi connectivity index (χ4v) is 0.608. The van der Waals surface area contributed by atoms with E-state index in [4.69, 9.17) is 0 Å². The van der Waals surface area contributed by atoms with Crippen molar-refractivity contribution in [3.05, 3.63) is 0 Å². The highest BCUT2D eigenvalue weighted by Gasteiger charge is 2.40. The van der Waals surface area contributed by atoms with Crippen LogP contribution in [-0.4, -0.2) is 31.1 Å². The van der Waals surface area contributed by atoms with E-state index in [-0.39, 0.29) is 12.7 Å². The monoisotopic (exact) mass is 211 g/mol. The van der Waals surface area contributed by atoms with Gasteiger partial charge in [0.05, 0.1) is 19.3 Å². The summed E-state index contributed by atoms with van der Waals surface area (Å²) >= 11 is 0. The predicted octanol–water partition coefficient (Wildman–Crippen LogP) is 1.11. The van der Waals surface area contributed by atoms with Crippen LogP contribution in [0, 0.1) is 0 Å². The van der Waals surface area contributed by atoms with E-state index in [9.17, 15) is 13.6 Å². The van der Waals surface area contributed by atoms with Crippen molar-refractivity contribution in [2.45, 2.75) is 32.8 Å². The summed E-state index contributed by atoms with van der Waals surface area (Å²) in [4.78, 5) is 15.3. The third-order valence-corrected chi connectivity index (χ3v) is 1.19. The number of hydrogen-bond donors (Lipinski definition) is 1. The average molecular weight is 211 g/mol. The van der Waals surface area contributed by atoms with Crippen molar-refractivity contribution in [1.82, 2.24) is 5.48 Å². The van der Waals surface area contributed by atoms with Gasteiger partial charge in [-0.05, 0) is 20.8 Å². The van der Waals surface area contributed by atoms with Crippen LogP contribution < -0.4 is 5.48 Å². The fraction of sp³-hybridized carbons (Fsp3) is 0.875. The molecule has 0 aromatic heterocycles. The SMILES string of the molecule is CCOC(=O)C(F)(F)CNOC(C)C. The molecular weight excluding hydrogens is 196 g/mol. The van der Waals surface area contributed by atoms with Crippen molar-refractivity contribution in [3.63, 3.8) is 0 Å². The maximum atomic E-state index is 12.8. The molecule has 0 aromatic carbocycles. The van der Waals surface area contributed by atoms with Gasteiger partial charge >= 0.3 is 11.9 Å². The van der Waals surface area contributed by atoms with Gasteiger partial charge in [0.25, 0.3) is 0 Å². The molecule has 0 atom stereocenters. The molecule has 4 nitrogen and oxygen atoms in total. The van der Waals surface area contributed by atoms with Crippen LogP contribution in [0.5, 0.6) is 0 Å². The Morgan fingerprint density at radius 2 is 2.07 bits per heavy atom. The Labute approximate surface area is 81.5 Å². The summed E-state index contributed by atoms with van der Waals surface area (Å²) in [5.74, 6) is -5.09. The molecule has 0 fully saturated rings. The smallest absolute Gasteiger partial charge is 0.378 e. The summed E-state index contributed by atoms with van der Waals surface area (Å²) in [6.45, 7) is 3.86. The van der Waals surface area contributed by atoms with Crippen LogP contribution in [0.1, 0.15) is 20.8 Å². The third-order valence-electron chi connectivity index (χ3n) is 1.19. The molecule has 0 saturated carbocycles. The number of esters is 1. The molecule has 0 aromatic rings. The van der Waals surface area contributed by atoms with Gasteiger partial charge in [0.15, 0.2) is 0 Å². The lowest BCUT2D eigenvalue weighted by molar-refractivity contribution is -0.175. The topological polar surface area (TPSA) is 47.6 Å². The van der Waals surface area contributed by atoms with Crippen LogP contribution in [-0.2, 0) is 14.4 Å². The standard InChI is InChI=1S/C8H15F2NO3/c1-4-13-7(12)8(9,10)5-11-14-6(2)3/h6,11H,4-5H2,1-3H3. The molecule has 0 heterocycles. The molecule has 0 bridgehead atoms. The van der Waals surface area contributed by atoms with Crippen LogP contribution in [0.15, 0.2) is 0 Å². The zero-order valence-corrected chi connectivity index (χ0v) is 8.47. The van der Waals surface area contributed by atoms with Gasteiger partial charge in [-0.1, -0.05) is 0 Å². The number of rotatable bonds is 6. The largest absolute Gasteiger partial charge is 0.462 e. The lowest BCUT2D eigenvalue weighted by Crippen LogP contribution is -2.41. The highest BCUT2D eigenvalue weighted by Crippen LogP contribution is 2.14. The summed E-state index contributed by atoms with van der Waals surface area (Å²) in [6, 6.07) is 0. The second kappa shape index (κ2) is 5.87. The number of carbonyl (C=O) groups is 1. The number of ether oxygens (including phenoxy) is 1. The molecule has 0 spiro atoms. The van der Waals surface area contributed by atoms with Gasteiger partial charge in [-0.2, -0.15) is 14.3 Å². The summed E-state index contributed by atoms with van der Waals surface area (Å²) < 4.78 is 29.9. The van der Waals surface area contributed by atoms with E-state index in [1.54, 1.807) is 13.8 Å². The minimum absolute atomic E-state index is 0.0700. The van der Waals surface area contributed by atoms with Crippen molar-refractivity contribution in [2.75, 3.05) is 13.2 Å². The van der Waals surface area contributed by atoms with Crippen LogP contribution in [0.2, 0.25) is 0 Å². The minimum atomic E-state index is -3.55. The summed E-state index contributed by atoms with van der Waals surface area (Å²) in [7, 11) is 0. The Hall–Kier alpha value is -0.750. The number of hydroxylamine groups is 1. The summed E-state index contributed by atoms with van der Waals surface area (Å²) in [5.41, 5.74) is 2.01. The van der Waals surface area contributed by atoms with Crippen LogP contribution in [0.3, 0.4) is 0 Å². The first-order valence-electron chi connectivity index (χ1n) is 4.33. The molecular formula is C8H15F2NO3. The van der Waals surface area contributed by atoms with Crippen molar-refractivity contribution in [1.29, 1.82) is 0 Å². The highest BCUT2D eigenvalue weighted by atomic mass is 19.3. The van der Waals surface area contributed by atoms with Crippen LogP contribution >= 0.6 is 0 Å². The first-order chi connectivity index (χ1) is 6.40. The first kappa shape index (κ1) is 13.2. The van der Waals surface area contributed by atoms with E-state index in [0.717, 1.165) is 0 Å². The van der Waals surface area contributed by atoms with Gasteiger partial charge in [-0.25, -0.2) is 4.79 Å². The molecule has 0 radical (unpaired) electrons. The average Bonchev–Trinajstić information content (AvgIpc) is 2.03. The van der Waals surface area contributed by atoms with Crippen molar-refractivity contribution >= 4 is 5.97 Å². The number of halogens is 2. The van der Waals surface area contributed by atoms with E-state index in [1.165, 1.54) is 6.92 Å². The molecule has 1 N–H and O–H groups in total. The number of carbonyl (C=O) groups excluding carboxylic acids is 1. The minimum Gasteiger partial charge on any atom is -0.462 e. The highest BCUT2D eigenvalue weighted by molar-refractivity contribution is 5.77. The molecule has 0 unspecified atom stereocenters. The second-order valence-electron chi connectivity index (χ2n) is 2.91. The quantitative estimate of drug-likeness (QED) is 0.528. The van der Waals surface area contributed by atoms with Gasteiger partial charge in [0, 0.05) is 0 Å². The van der Waals surface area contributed by atoms with Gasteiger partial charge < -0.3 is 4.74 Å². The molecule has 84 valence electrons. The molecule has 6 heteroatoms. The van der Waals surface area contributed by atoms with Gasteiger partial charge in [-0.3, -0.25) is 4.84 Å². The van der Waals surface area contributed by atoms with E-state index >= 15 is 0 Å². The van der Waals surface area contributed by atoms with Crippen LogP contribution in [0.25, 0.3) is 0 Å². The van der Waals surface area contributed by atoms with E-state index in [2.05, 4.69) is 9.57 Å². The number of nitrogens with one attached hydrogen (secondary N) is 1. The maximum absolute atomic E-state index is 12.8. The van der Waals surface area contributed by atoms with E-state index in [1.807, 2.05) is 5.48 Å². The van der Waals surface area contributed by atoms with Crippen molar-refractivity contribution in [2.24, 2.45) is 0 Å². The predicted molar refractivity (Wildman–Crippen MR) is 45.8 cm³/mol. The molecule has 14 heavy (non-hydrogen) atoms. The van der Waals surface area contributed by atoms with Gasteiger partial charge in [0.1, 0.15) is 0 Å². The number of alkyl halides is 2. The zero-order valence-electron chi connectivity index (χ0n) is 8.47. The first-order valence-corrected chi connectivity index (χ1v) is 4.33. The van der Waals surface area contributed by atoms with Gasteiger partial charge in [-0.15, -0.1) is 0 Å². The second-order valence-corrected chi connectivity index (χ2v) is 2.91. The Balaban J connectivity index is 3.87. The van der Waals surface area contributed by atoms with Crippen LogP contribution in [0.4, 0.5) is 8.78 Å². The number of hydrogen-bond acceptors (Lipinski definition) is 4. The zero-order chi connectivity index (χ0) is 11.2. The summed E-state index contributed by atoms with van der Waals surface area (Å²) in [6.07, 6.45) is -0.229. The Morgan fingerprint density at radius 1 is 1.50 bits per heavy atom. The van der Waals surface area contributed by atoms with Crippen molar-refractivity contribution < 1.29 is 23.1 Å². The summed E-state index contributed by atoms with van der Waals surface area (Å²) in [5, 5.41) is 0.